The van der Waals surface area contributed by atoms with Crippen molar-refractivity contribution in [3.63, 3.8) is 0 Å². The quantitative estimate of drug-likeness (QED) is 0.825. The van der Waals surface area contributed by atoms with E-state index in [-0.39, 0.29) is 11.2 Å². The first-order valence-corrected chi connectivity index (χ1v) is 9.48. The molecular formula is C19H22N2O3S. The molecule has 1 aliphatic heterocycles. The highest BCUT2D eigenvalue weighted by Crippen LogP contribution is 2.21. The summed E-state index contributed by atoms with van der Waals surface area (Å²) >= 11 is 1.51. The summed E-state index contributed by atoms with van der Waals surface area (Å²) in [5.74, 6) is 1.25. The van der Waals surface area contributed by atoms with Crippen LogP contribution in [0.25, 0.3) is 0 Å². The Morgan fingerprint density at radius 3 is 2.72 bits per heavy atom. The first kappa shape index (κ1) is 17.8. The lowest BCUT2D eigenvalue weighted by Gasteiger charge is -2.21. The zero-order chi connectivity index (χ0) is 17.5. The summed E-state index contributed by atoms with van der Waals surface area (Å²) in [5.41, 5.74) is 5.82. The van der Waals surface area contributed by atoms with E-state index in [0.717, 1.165) is 29.8 Å². The Hall–Kier alpha value is -2.05. The second-order valence-electron chi connectivity index (χ2n) is 5.84. The minimum atomic E-state index is -0.0994. The highest BCUT2D eigenvalue weighted by Gasteiger charge is 2.23. The Labute approximate surface area is 152 Å². The van der Waals surface area contributed by atoms with E-state index in [4.69, 9.17) is 9.57 Å². The van der Waals surface area contributed by atoms with E-state index < -0.39 is 0 Å². The molecule has 6 heteroatoms. The van der Waals surface area contributed by atoms with Crippen molar-refractivity contribution < 1.29 is 14.4 Å². The molecule has 1 fully saturated rings. The van der Waals surface area contributed by atoms with E-state index in [1.165, 1.54) is 17.3 Å². The van der Waals surface area contributed by atoms with Crippen LogP contribution < -0.4 is 10.2 Å². The average Bonchev–Trinajstić information content (AvgIpc) is 2.65. The molecule has 1 aromatic carbocycles. The van der Waals surface area contributed by atoms with Crippen LogP contribution >= 0.6 is 11.8 Å². The van der Waals surface area contributed by atoms with Crippen LogP contribution in [0.4, 0.5) is 0 Å². The van der Waals surface area contributed by atoms with Crippen LogP contribution in [0.1, 0.15) is 23.7 Å². The van der Waals surface area contributed by atoms with Gasteiger partial charge >= 0.3 is 0 Å². The van der Waals surface area contributed by atoms with Crippen LogP contribution in [0.15, 0.2) is 42.6 Å². The predicted molar refractivity (Wildman–Crippen MR) is 98.4 cm³/mol. The normalized spacial score (nSPS) is 17.2. The Kier molecular flexibility index (Phi) is 6.30. The average molecular weight is 358 g/mol. The Bertz CT molecular complexity index is 689. The number of nitrogens with zero attached hydrogens (tertiary/aromatic N) is 1. The number of carbonyl (C=O) groups excluding carboxylic acids is 1. The number of benzene rings is 1. The maximum absolute atomic E-state index is 11.7. The number of aryl methyl sites for hydroxylation is 1. The van der Waals surface area contributed by atoms with Crippen molar-refractivity contribution in [2.45, 2.75) is 31.4 Å². The van der Waals surface area contributed by atoms with Gasteiger partial charge in [-0.2, -0.15) is 0 Å². The van der Waals surface area contributed by atoms with E-state index >= 15 is 0 Å². The summed E-state index contributed by atoms with van der Waals surface area (Å²) in [7, 11) is 0. The zero-order valence-corrected chi connectivity index (χ0v) is 15.1. The second kappa shape index (κ2) is 8.87. The molecule has 1 N–H and O–H groups in total. The lowest BCUT2D eigenvalue weighted by Crippen LogP contribution is -2.38. The Morgan fingerprint density at radius 1 is 1.24 bits per heavy atom. The number of carbonyl (C=O) groups is 1. The third kappa shape index (κ3) is 5.21. The van der Waals surface area contributed by atoms with Gasteiger partial charge in [0, 0.05) is 18.3 Å². The number of hydroxylamine groups is 1. The summed E-state index contributed by atoms with van der Waals surface area (Å²) in [5, 5.41) is -0.0994. The van der Waals surface area contributed by atoms with Gasteiger partial charge in [0.25, 0.3) is 5.91 Å². The van der Waals surface area contributed by atoms with Crippen LogP contribution in [0.3, 0.4) is 0 Å². The summed E-state index contributed by atoms with van der Waals surface area (Å²) in [6.45, 7) is 2.71. The number of hydrogen-bond acceptors (Lipinski definition) is 5. The smallest absolute Gasteiger partial charge is 0.257 e. The van der Waals surface area contributed by atoms with Gasteiger partial charge in [-0.15, -0.1) is 11.8 Å². The van der Waals surface area contributed by atoms with Crippen LogP contribution in [-0.4, -0.2) is 28.7 Å². The number of nitrogens with one attached hydrogen (secondary N) is 1. The summed E-state index contributed by atoms with van der Waals surface area (Å²) in [6, 6.07) is 12.1. The van der Waals surface area contributed by atoms with Gasteiger partial charge in [0.2, 0.25) is 0 Å². The number of hydrogen-bond donors (Lipinski definition) is 1. The zero-order valence-electron chi connectivity index (χ0n) is 14.2. The van der Waals surface area contributed by atoms with Crippen molar-refractivity contribution in [3.8, 4) is 5.75 Å². The lowest BCUT2D eigenvalue weighted by molar-refractivity contribution is -0.132. The first-order valence-electron chi connectivity index (χ1n) is 8.43. The first-order chi connectivity index (χ1) is 12.2. The van der Waals surface area contributed by atoms with Gasteiger partial charge in [-0.05, 0) is 42.2 Å². The van der Waals surface area contributed by atoms with Gasteiger partial charge in [-0.25, -0.2) is 5.48 Å². The van der Waals surface area contributed by atoms with E-state index in [9.17, 15) is 4.79 Å². The fourth-order valence-electron chi connectivity index (χ4n) is 2.53. The molecule has 0 spiro atoms. The van der Waals surface area contributed by atoms with Crippen molar-refractivity contribution in [2.24, 2.45) is 0 Å². The third-order valence-corrected chi connectivity index (χ3v) is 5.10. The second-order valence-corrected chi connectivity index (χ2v) is 6.98. The summed E-state index contributed by atoms with van der Waals surface area (Å²) in [4.78, 5) is 21.0. The summed E-state index contributed by atoms with van der Waals surface area (Å²) < 4.78 is 5.79. The highest BCUT2D eigenvalue weighted by molar-refractivity contribution is 8.00. The SMILES string of the molecule is CCc1ccc(CCOc2ccc(C[C@@H]3SCONC3=O)cc2)nc1. The van der Waals surface area contributed by atoms with Gasteiger partial charge in [0.1, 0.15) is 11.7 Å². The van der Waals surface area contributed by atoms with Crippen molar-refractivity contribution in [1.29, 1.82) is 0 Å². The fraction of sp³-hybridized carbons (Fsp3) is 0.368. The fourth-order valence-corrected chi connectivity index (χ4v) is 3.33. The van der Waals surface area contributed by atoms with Crippen LogP contribution in [0.5, 0.6) is 5.75 Å². The van der Waals surface area contributed by atoms with Crippen molar-refractivity contribution in [3.05, 3.63) is 59.4 Å². The van der Waals surface area contributed by atoms with Crippen LogP contribution in [0, 0.1) is 0 Å². The van der Waals surface area contributed by atoms with Crippen LogP contribution in [-0.2, 0) is 28.9 Å². The molecule has 0 radical (unpaired) electrons. The van der Waals surface area contributed by atoms with E-state index in [1.807, 2.05) is 30.5 Å². The molecule has 0 unspecified atom stereocenters. The standard InChI is InChI=1S/C19H22N2O3S/c1-2-14-3-6-16(20-12-14)9-10-23-17-7-4-15(5-8-17)11-18-19(22)21-24-13-25-18/h3-8,12,18H,2,9-11,13H2,1H3,(H,21,22)/t18-/m0/s1. The van der Waals surface area contributed by atoms with Gasteiger partial charge in [-0.3, -0.25) is 14.6 Å². The number of thioether (sulfide) groups is 1. The minimum Gasteiger partial charge on any atom is -0.493 e. The predicted octanol–water partition coefficient (Wildman–Crippen LogP) is 2.93. The highest BCUT2D eigenvalue weighted by atomic mass is 32.2. The molecule has 2 heterocycles. The van der Waals surface area contributed by atoms with Crippen LogP contribution in [0.2, 0.25) is 0 Å². The number of ether oxygens (including phenoxy) is 1. The molecule has 0 bridgehead atoms. The molecule has 5 nitrogen and oxygen atoms in total. The topological polar surface area (TPSA) is 60.5 Å². The molecule has 1 aromatic heterocycles. The molecule has 0 aliphatic carbocycles. The monoisotopic (exact) mass is 358 g/mol. The third-order valence-electron chi connectivity index (χ3n) is 4.06. The molecule has 0 saturated carbocycles. The molecule has 1 aliphatic rings. The van der Waals surface area contributed by atoms with Gasteiger partial charge in [-0.1, -0.05) is 25.1 Å². The Balaban J connectivity index is 1.46. The minimum absolute atomic E-state index is 0.0711. The van der Waals surface area contributed by atoms with Crippen molar-refractivity contribution in [2.75, 3.05) is 12.5 Å². The maximum atomic E-state index is 11.7. The van der Waals surface area contributed by atoms with Gasteiger partial charge in [0.15, 0.2) is 0 Å². The maximum Gasteiger partial charge on any atom is 0.257 e. The lowest BCUT2D eigenvalue weighted by atomic mass is 10.1. The molecular weight excluding hydrogens is 336 g/mol. The van der Waals surface area contributed by atoms with Crippen molar-refractivity contribution >= 4 is 17.7 Å². The van der Waals surface area contributed by atoms with E-state index in [0.29, 0.717) is 19.0 Å². The molecule has 3 rings (SSSR count). The largest absolute Gasteiger partial charge is 0.493 e. The molecule has 1 saturated heterocycles. The number of amides is 1. The number of rotatable bonds is 7. The van der Waals surface area contributed by atoms with Gasteiger partial charge in [0.05, 0.1) is 11.9 Å². The number of aromatic nitrogens is 1. The summed E-state index contributed by atoms with van der Waals surface area (Å²) in [6.07, 6.45) is 4.40. The molecule has 2 aromatic rings. The van der Waals surface area contributed by atoms with E-state index in [1.54, 1.807) is 0 Å². The van der Waals surface area contributed by atoms with E-state index in [2.05, 4.69) is 29.5 Å². The molecule has 1 amide bonds. The van der Waals surface area contributed by atoms with Gasteiger partial charge < -0.3 is 4.74 Å². The number of pyridine rings is 1. The Morgan fingerprint density at radius 2 is 2.04 bits per heavy atom. The molecule has 1 atom stereocenters. The molecule has 132 valence electrons. The van der Waals surface area contributed by atoms with Crippen molar-refractivity contribution in [1.82, 2.24) is 10.5 Å². The molecule has 25 heavy (non-hydrogen) atoms.